The average Bonchev–Trinajstić information content (AvgIpc) is 2.58. The number of rotatable bonds is 1. The van der Waals surface area contributed by atoms with Crippen molar-refractivity contribution in [1.82, 2.24) is 0 Å². The Bertz CT molecular complexity index is 346. The molecular weight excluding hydrogens is 168 g/mol. The van der Waals surface area contributed by atoms with Crippen LogP contribution >= 0.6 is 11.3 Å². The largest absolute Gasteiger partial charge is 0.295 e. The fourth-order valence-electron chi connectivity index (χ4n) is 1.48. The van der Waals surface area contributed by atoms with Crippen molar-refractivity contribution < 1.29 is 4.79 Å². The molecule has 12 heavy (non-hydrogen) atoms. The molecule has 0 bridgehead atoms. The van der Waals surface area contributed by atoms with Gasteiger partial charge in [0.2, 0.25) is 0 Å². The fourth-order valence-corrected chi connectivity index (χ4v) is 2.45. The minimum absolute atomic E-state index is 0.276. The van der Waals surface area contributed by atoms with Gasteiger partial charge in [0, 0.05) is 11.3 Å². The quantitative estimate of drug-likeness (QED) is 0.646. The van der Waals surface area contributed by atoms with Gasteiger partial charge in [-0.25, -0.2) is 0 Å². The minimum Gasteiger partial charge on any atom is -0.295 e. The highest BCUT2D eigenvalue weighted by molar-refractivity contribution is 7.11. The molecule has 0 radical (unpaired) electrons. The highest BCUT2D eigenvalue weighted by Gasteiger charge is 2.15. The van der Waals surface area contributed by atoms with Gasteiger partial charge in [-0.3, -0.25) is 4.79 Å². The molecule has 1 aromatic rings. The molecule has 0 amide bonds. The van der Waals surface area contributed by atoms with E-state index in [1.807, 2.05) is 0 Å². The Balaban J connectivity index is 2.38. The van der Waals surface area contributed by atoms with E-state index in [-0.39, 0.29) is 5.78 Å². The summed E-state index contributed by atoms with van der Waals surface area (Å²) in [5, 5.41) is 2.08. The Kier molecular flexibility index (Phi) is 1.85. The second kappa shape index (κ2) is 2.87. The molecule has 0 aliphatic heterocycles. The predicted octanol–water partition coefficient (Wildman–Crippen LogP) is 2.80. The Hall–Kier alpha value is -0.890. The number of hydrogen-bond donors (Lipinski definition) is 0. The van der Waals surface area contributed by atoms with E-state index in [2.05, 4.69) is 18.4 Å². The summed E-state index contributed by atoms with van der Waals surface area (Å²) in [5.74, 6) is 0.276. The molecule has 1 aliphatic carbocycles. The first-order valence-electron chi connectivity index (χ1n) is 4.05. The van der Waals surface area contributed by atoms with Gasteiger partial charge in [-0.2, -0.15) is 0 Å². The van der Waals surface area contributed by atoms with E-state index >= 15 is 0 Å². The lowest BCUT2D eigenvalue weighted by Crippen LogP contribution is -1.80. The highest BCUT2D eigenvalue weighted by Crippen LogP contribution is 2.31. The fraction of sp³-hybridized carbons (Fsp3) is 0.300. The van der Waals surface area contributed by atoms with Crippen molar-refractivity contribution in [2.45, 2.75) is 19.8 Å². The summed E-state index contributed by atoms with van der Waals surface area (Å²) in [4.78, 5) is 12.3. The summed E-state index contributed by atoms with van der Waals surface area (Å²) in [7, 11) is 0. The number of aryl methyl sites for hydroxylation is 1. The lowest BCUT2D eigenvalue weighted by atomic mass is 10.1. The first kappa shape index (κ1) is 7.74. The molecule has 2 rings (SSSR count). The van der Waals surface area contributed by atoms with E-state index in [1.165, 1.54) is 16.0 Å². The molecule has 1 aliphatic rings. The number of allylic oxidation sites excluding steroid dienone is 2. The molecule has 0 fully saturated rings. The van der Waals surface area contributed by atoms with Gasteiger partial charge >= 0.3 is 0 Å². The molecule has 62 valence electrons. The first-order valence-corrected chi connectivity index (χ1v) is 4.93. The zero-order chi connectivity index (χ0) is 8.55. The van der Waals surface area contributed by atoms with Gasteiger partial charge < -0.3 is 0 Å². The van der Waals surface area contributed by atoms with Crippen molar-refractivity contribution in [3.8, 4) is 0 Å². The van der Waals surface area contributed by atoms with Crippen molar-refractivity contribution >= 4 is 22.7 Å². The van der Waals surface area contributed by atoms with Crippen molar-refractivity contribution in [1.29, 1.82) is 0 Å². The van der Waals surface area contributed by atoms with Gasteiger partial charge in [0.05, 0.1) is 0 Å². The molecule has 1 nitrogen and oxygen atoms in total. The van der Waals surface area contributed by atoms with Crippen LogP contribution in [0.3, 0.4) is 0 Å². The van der Waals surface area contributed by atoms with Crippen LogP contribution in [0.4, 0.5) is 0 Å². The van der Waals surface area contributed by atoms with Gasteiger partial charge in [-0.15, -0.1) is 11.3 Å². The molecule has 0 N–H and O–H groups in total. The summed E-state index contributed by atoms with van der Waals surface area (Å²) in [6.07, 6.45) is 3.42. The van der Waals surface area contributed by atoms with Crippen LogP contribution in [0.15, 0.2) is 17.5 Å². The van der Waals surface area contributed by atoms with Gasteiger partial charge in [0.1, 0.15) is 0 Å². The van der Waals surface area contributed by atoms with E-state index in [0.717, 1.165) is 6.42 Å². The van der Waals surface area contributed by atoms with Crippen LogP contribution in [-0.2, 0) is 4.79 Å². The van der Waals surface area contributed by atoms with Crippen LogP contribution in [0.5, 0.6) is 0 Å². The zero-order valence-electron chi connectivity index (χ0n) is 6.96. The van der Waals surface area contributed by atoms with Crippen LogP contribution in [0.25, 0.3) is 5.57 Å². The van der Waals surface area contributed by atoms with Gasteiger partial charge in [-0.1, -0.05) is 0 Å². The number of thiophene rings is 1. The van der Waals surface area contributed by atoms with E-state index in [9.17, 15) is 4.79 Å². The molecule has 0 unspecified atom stereocenters. The minimum atomic E-state index is 0.276. The van der Waals surface area contributed by atoms with Gasteiger partial charge in [0.15, 0.2) is 5.78 Å². The van der Waals surface area contributed by atoms with Gasteiger partial charge in [0.25, 0.3) is 0 Å². The molecule has 0 saturated carbocycles. The average molecular weight is 178 g/mol. The number of carbonyl (C=O) groups excluding carboxylic acids is 1. The molecule has 0 atom stereocenters. The lowest BCUT2D eigenvalue weighted by molar-refractivity contribution is -0.114. The third kappa shape index (κ3) is 1.23. The van der Waals surface area contributed by atoms with Crippen molar-refractivity contribution in [3.05, 3.63) is 28.0 Å². The number of ketones is 1. The Morgan fingerprint density at radius 2 is 2.25 bits per heavy atom. The summed E-state index contributed by atoms with van der Waals surface area (Å²) >= 11 is 1.73. The normalized spacial score (nSPS) is 16.8. The smallest absolute Gasteiger partial charge is 0.156 e. The Labute approximate surface area is 75.7 Å². The maximum atomic E-state index is 11.0. The third-order valence-corrected chi connectivity index (χ3v) is 3.22. The first-order chi connectivity index (χ1) is 5.77. The summed E-state index contributed by atoms with van der Waals surface area (Å²) in [6.45, 7) is 2.09. The molecule has 1 aromatic heterocycles. The third-order valence-electron chi connectivity index (χ3n) is 2.13. The molecular formula is C10H10OS. The molecule has 1 heterocycles. The maximum absolute atomic E-state index is 11.0. The standard InChI is InChI=1S/C10H10OS/c1-7-4-5-12-10(7)8-2-3-9(11)6-8/h4-6H,2-3H2,1H3. The van der Waals surface area contributed by atoms with Gasteiger partial charge in [-0.05, 0) is 42.0 Å². The Morgan fingerprint density at radius 1 is 1.42 bits per heavy atom. The van der Waals surface area contributed by atoms with Crippen molar-refractivity contribution in [3.63, 3.8) is 0 Å². The van der Waals surface area contributed by atoms with Crippen LogP contribution in [-0.4, -0.2) is 5.78 Å². The van der Waals surface area contributed by atoms with Crippen LogP contribution in [0, 0.1) is 6.92 Å². The van der Waals surface area contributed by atoms with Crippen LogP contribution < -0.4 is 0 Å². The van der Waals surface area contributed by atoms with Crippen molar-refractivity contribution in [2.75, 3.05) is 0 Å². The molecule has 0 aromatic carbocycles. The van der Waals surface area contributed by atoms with Crippen molar-refractivity contribution in [2.24, 2.45) is 0 Å². The number of carbonyl (C=O) groups is 1. The Morgan fingerprint density at radius 3 is 2.75 bits per heavy atom. The van der Waals surface area contributed by atoms with E-state index in [1.54, 1.807) is 17.4 Å². The zero-order valence-corrected chi connectivity index (χ0v) is 7.78. The summed E-state index contributed by atoms with van der Waals surface area (Å²) in [6, 6.07) is 2.10. The maximum Gasteiger partial charge on any atom is 0.156 e. The lowest BCUT2D eigenvalue weighted by Gasteiger charge is -1.97. The van der Waals surface area contributed by atoms with E-state index in [4.69, 9.17) is 0 Å². The second-order valence-corrected chi connectivity index (χ2v) is 3.98. The van der Waals surface area contributed by atoms with E-state index < -0.39 is 0 Å². The topological polar surface area (TPSA) is 17.1 Å². The van der Waals surface area contributed by atoms with E-state index in [0.29, 0.717) is 6.42 Å². The monoisotopic (exact) mass is 178 g/mol. The molecule has 0 saturated heterocycles. The second-order valence-electron chi connectivity index (χ2n) is 3.07. The SMILES string of the molecule is Cc1ccsc1C1=CC(=O)CC1. The van der Waals surface area contributed by atoms with Crippen LogP contribution in [0.1, 0.15) is 23.3 Å². The predicted molar refractivity (Wildman–Crippen MR) is 51.3 cm³/mol. The molecule has 0 spiro atoms. The number of hydrogen-bond acceptors (Lipinski definition) is 2. The highest BCUT2D eigenvalue weighted by atomic mass is 32.1. The van der Waals surface area contributed by atoms with Crippen LogP contribution in [0.2, 0.25) is 0 Å². The summed E-state index contributed by atoms with van der Waals surface area (Å²) < 4.78 is 0. The summed E-state index contributed by atoms with van der Waals surface area (Å²) in [5.41, 5.74) is 2.52. The molecule has 2 heteroatoms.